The molecule has 0 saturated carbocycles. The van der Waals surface area contributed by atoms with Gasteiger partial charge in [0.1, 0.15) is 0 Å². The zero-order valence-electron chi connectivity index (χ0n) is 14.1. The van der Waals surface area contributed by atoms with Crippen LogP contribution in [0, 0.1) is 0 Å². The number of ether oxygens (including phenoxy) is 2. The van der Waals surface area contributed by atoms with Gasteiger partial charge in [-0.1, -0.05) is 52.0 Å². The summed E-state index contributed by atoms with van der Waals surface area (Å²) in [6.45, 7) is 2.63. The van der Waals surface area contributed by atoms with Crippen molar-refractivity contribution >= 4 is 50.4 Å². The first-order valence-electron chi connectivity index (χ1n) is 7.80. The predicted octanol–water partition coefficient (Wildman–Crippen LogP) is 5.60. The number of carbonyl (C=O) groups is 2. The van der Waals surface area contributed by atoms with Gasteiger partial charge in [-0.3, -0.25) is 9.59 Å². The second kappa shape index (κ2) is 7.93. The first-order valence-corrected chi connectivity index (χ1v) is 9.41. The summed E-state index contributed by atoms with van der Waals surface area (Å²) in [6.07, 6.45) is 0. The van der Waals surface area contributed by atoms with Gasteiger partial charge in [0.05, 0.1) is 0 Å². The molecule has 6 heteroatoms. The quantitative estimate of drug-likeness (QED) is 0.397. The van der Waals surface area contributed by atoms with Crippen LogP contribution < -0.4 is 9.47 Å². The van der Waals surface area contributed by atoms with Gasteiger partial charge in [0, 0.05) is 33.5 Å². The summed E-state index contributed by atoms with van der Waals surface area (Å²) in [7, 11) is 0. The summed E-state index contributed by atoms with van der Waals surface area (Å²) < 4.78 is 11.7. The van der Waals surface area contributed by atoms with Crippen molar-refractivity contribution in [2.45, 2.75) is 23.6 Å². The number of halogens is 1. The van der Waals surface area contributed by atoms with Crippen molar-refractivity contribution in [3.63, 3.8) is 0 Å². The third-order valence-electron chi connectivity index (χ3n) is 3.46. The fourth-order valence-corrected chi connectivity index (χ4v) is 3.73. The minimum absolute atomic E-state index is 0.228. The topological polar surface area (TPSA) is 52.6 Å². The van der Waals surface area contributed by atoms with Gasteiger partial charge in [-0.05, 0) is 35.7 Å². The molecule has 0 unspecified atom stereocenters. The molecule has 0 aliphatic carbocycles. The van der Waals surface area contributed by atoms with E-state index < -0.39 is 11.9 Å². The molecule has 0 aromatic heterocycles. The zero-order valence-corrected chi connectivity index (χ0v) is 16.5. The molecule has 3 rings (SSSR count). The summed E-state index contributed by atoms with van der Waals surface area (Å²) in [6, 6.07) is 17.2. The molecule has 0 heterocycles. The number of rotatable bonds is 4. The van der Waals surface area contributed by atoms with E-state index in [1.807, 2.05) is 48.5 Å². The largest absolute Gasteiger partial charge is 0.423 e. The average molecular weight is 431 g/mol. The molecule has 3 aromatic carbocycles. The molecular formula is C20H15BrO4S. The van der Waals surface area contributed by atoms with Crippen molar-refractivity contribution in [1.29, 1.82) is 0 Å². The van der Waals surface area contributed by atoms with E-state index >= 15 is 0 Å². The van der Waals surface area contributed by atoms with E-state index in [9.17, 15) is 9.59 Å². The zero-order chi connectivity index (χ0) is 18.7. The minimum atomic E-state index is -0.478. The first-order chi connectivity index (χ1) is 12.4. The van der Waals surface area contributed by atoms with E-state index in [0.717, 1.165) is 19.6 Å². The molecule has 4 nitrogen and oxygen atoms in total. The Morgan fingerprint density at radius 1 is 0.885 bits per heavy atom. The molecule has 0 fully saturated rings. The summed E-state index contributed by atoms with van der Waals surface area (Å²) in [5.74, 6) is -0.473. The van der Waals surface area contributed by atoms with Crippen LogP contribution in [-0.2, 0) is 9.59 Å². The molecule has 0 amide bonds. The lowest BCUT2D eigenvalue weighted by Gasteiger charge is -2.15. The summed E-state index contributed by atoms with van der Waals surface area (Å²) in [4.78, 5) is 25.0. The van der Waals surface area contributed by atoms with Gasteiger partial charge < -0.3 is 9.47 Å². The van der Waals surface area contributed by atoms with E-state index in [-0.39, 0.29) is 11.5 Å². The monoisotopic (exact) mass is 430 g/mol. The van der Waals surface area contributed by atoms with Crippen LogP contribution in [0.25, 0.3) is 10.8 Å². The second-order valence-electron chi connectivity index (χ2n) is 5.49. The Balaban J connectivity index is 2.17. The van der Waals surface area contributed by atoms with Gasteiger partial charge in [0.25, 0.3) is 0 Å². The molecule has 0 radical (unpaired) electrons. The molecule has 0 spiro atoms. The highest BCUT2D eigenvalue weighted by atomic mass is 79.9. The molecule has 0 atom stereocenters. The number of hydrogen-bond donors (Lipinski definition) is 0. The maximum Gasteiger partial charge on any atom is 0.308 e. The highest BCUT2D eigenvalue weighted by Gasteiger charge is 2.18. The molecule has 0 saturated heterocycles. The van der Waals surface area contributed by atoms with Crippen LogP contribution in [0.4, 0.5) is 0 Å². The van der Waals surface area contributed by atoms with Crippen LogP contribution in [0.2, 0.25) is 0 Å². The van der Waals surface area contributed by atoms with Crippen molar-refractivity contribution < 1.29 is 19.1 Å². The fourth-order valence-electron chi connectivity index (χ4n) is 2.48. The molecule has 0 N–H and O–H groups in total. The molecule has 132 valence electrons. The Bertz CT molecular complexity index is 983. The van der Waals surface area contributed by atoms with Gasteiger partial charge >= 0.3 is 11.9 Å². The third kappa shape index (κ3) is 4.26. The lowest BCUT2D eigenvalue weighted by molar-refractivity contribution is -0.134. The van der Waals surface area contributed by atoms with Gasteiger partial charge in [0.2, 0.25) is 0 Å². The third-order valence-corrected chi connectivity index (χ3v) is 5.06. The summed E-state index contributed by atoms with van der Waals surface area (Å²) in [5, 5.41) is 1.62. The smallest absolute Gasteiger partial charge is 0.308 e. The maximum absolute atomic E-state index is 11.5. The van der Waals surface area contributed by atoms with Gasteiger partial charge in [-0.15, -0.1) is 0 Å². The van der Waals surface area contributed by atoms with E-state index in [4.69, 9.17) is 9.47 Å². The molecule has 0 aliphatic heterocycles. The van der Waals surface area contributed by atoms with Crippen molar-refractivity contribution in [3.05, 3.63) is 59.1 Å². The summed E-state index contributed by atoms with van der Waals surface area (Å²) in [5.41, 5.74) is 0. The van der Waals surface area contributed by atoms with Gasteiger partial charge in [-0.2, -0.15) is 0 Å². The number of benzene rings is 3. The highest BCUT2D eigenvalue weighted by Crippen LogP contribution is 2.43. The van der Waals surface area contributed by atoms with Crippen LogP contribution >= 0.6 is 27.7 Å². The van der Waals surface area contributed by atoms with Crippen LogP contribution in [0.3, 0.4) is 0 Å². The van der Waals surface area contributed by atoms with Crippen molar-refractivity contribution in [1.82, 2.24) is 0 Å². The number of hydrogen-bond acceptors (Lipinski definition) is 5. The Hall–Kier alpha value is -2.31. The van der Waals surface area contributed by atoms with Crippen LogP contribution in [0.5, 0.6) is 11.5 Å². The van der Waals surface area contributed by atoms with Gasteiger partial charge in [-0.25, -0.2) is 0 Å². The normalized spacial score (nSPS) is 10.6. The number of carbonyl (C=O) groups excluding carboxylic acids is 2. The Morgan fingerprint density at radius 2 is 1.50 bits per heavy atom. The number of fused-ring (bicyclic) bond motifs is 1. The van der Waals surface area contributed by atoms with E-state index in [0.29, 0.717) is 5.39 Å². The first kappa shape index (κ1) is 18.5. The molecule has 26 heavy (non-hydrogen) atoms. The SMILES string of the molecule is CC(=O)Oc1cc(Sc2ccc(Br)cc2)c2ccccc2c1OC(C)=O. The molecule has 0 aliphatic rings. The van der Waals surface area contributed by atoms with E-state index in [1.54, 1.807) is 17.8 Å². The van der Waals surface area contributed by atoms with Crippen LogP contribution in [-0.4, -0.2) is 11.9 Å². The standard InChI is InChI=1S/C20H15BrO4S/c1-12(22)24-18-11-19(26-15-9-7-14(21)8-10-15)16-5-3-4-6-17(16)20(18)25-13(2)23/h3-11H,1-2H3. The summed E-state index contributed by atoms with van der Waals surface area (Å²) >= 11 is 4.97. The molecule has 3 aromatic rings. The Labute approximate surface area is 163 Å². The van der Waals surface area contributed by atoms with E-state index in [1.165, 1.54) is 13.8 Å². The Morgan fingerprint density at radius 3 is 2.12 bits per heavy atom. The predicted molar refractivity (Wildman–Crippen MR) is 105 cm³/mol. The maximum atomic E-state index is 11.5. The lowest BCUT2D eigenvalue weighted by atomic mass is 10.1. The highest BCUT2D eigenvalue weighted by molar-refractivity contribution is 9.10. The van der Waals surface area contributed by atoms with Crippen molar-refractivity contribution in [3.8, 4) is 11.5 Å². The van der Waals surface area contributed by atoms with E-state index in [2.05, 4.69) is 15.9 Å². The number of esters is 2. The van der Waals surface area contributed by atoms with Crippen molar-refractivity contribution in [2.24, 2.45) is 0 Å². The van der Waals surface area contributed by atoms with Gasteiger partial charge in [0.15, 0.2) is 11.5 Å². The lowest BCUT2D eigenvalue weighted by Crippen LogP contribution is -2.08. The molecular weight excluding hydrogens is 416 g/mol. The van der Waals surface area contributed by atoms with Crippen LogP contribution in [0.15, 0.2) is 68.9 Å². The fraction of sp³-hybridized carbons (Fsp3) is 0.100. The average Bonchev–Trinajstić information content (AvgIpc) is 2.59. The van der Waals surface area contributed by atoms with Crippen LogP contribution in [0.1, 0.15) is 13.8 Å². The minimum Gasteiger partial charge on any atom is -0.423 e. The molecule has 0 bridgehead atoms. The second-order valence-corrected chi connectivity index (χ2v) is 7.52. The Kier molecular flexibility index (Phi) is 5.64. The van der Waals surface area contributed by atoms with Crippen molar-refractivity contribution in [2.75, 3.05) is 0 Å².